The first-order chi connectivity index (χ1) is 11.9. The molecule has 25 heavy (non-hydrogen) atoms. The standard InChI is InChI=1S/C19H17F2NO3/c1-2-6-17(18(23)15-11-14(20)9-10-16(15)21)22(19(24)25)12-13-7-4-3-5-8-13/h2-5,7-11,17H,1,6,12H2,(H,24,25). The van der Waals surface area contributed by atoms with E-state index >= 15 is 0 Å². The van der Waals surface area contributed by atoms with Crippen LogP contribution >= 0.6 is 0 Å². The van der Waals surface area contributed by atoms with E-state index in [4.69, 9.17) is 0 Å². The van der Waals surface area contributed by atoms with E-state index in [9.17, 15) is 23.5 Å². The molecule has 0 heterocycles. The third kappa shape index (κ3) is 4.50. The molecule has 0 radical (unpaired) electrons. The van der Waals surface area contributed by atoms with Crippen molar-refractivity contribution in [1.29, 1.82) is 0 Å². The van der Waals surface area contributed by atoms with Crippen LogP contribution in [0.1, 0.15) is 22.3 Å². The third-order valence-electron chi connectivity index (χ3n) is 3.70. The van der Waals surface area contributed by atoms with Gasteiger partial charge in [-0.15, -0.1) is 6.58 Å². The number of benzene rings is 2. The maximum absolute atomic E-state index is 13.9. The molecule has 1 unspecified atom stereocenters. The van der Waals surface area contributed by atoms with Gasteiger partial charge in [-0.05, 0) is 30.2 Å². The van der Waals surface area contributed by atoms with Crippen molar-refractivity contribution >= 4 is 11.9 Å². The van der Waals surface area contributed by atoms with Gasteiger partial charge in [0, 0.05) is 6.54 Å². The summed E-state index contributed by atoms with van der Waals surface area (Å²) in [5.41, 5.74) is 0.192. The molecule has 1 atom stereocenters. The molecule has 0 saturated carbocycles. The zero-order valence-electron chi connectivity index (χ0n) is 13.4. The van der Waals surface area contributed by atoms with Crippen LogP contribution in [0, 0.1) is 11.6 Å². The highest BCUT2D eigenvalue weighted by atomic mass is 19.1. The molecular weight excluding hydrogens is 328 g/mol. The lowest BCUT2D eigenvalue weighted by atomic mass is 9.99. The molecule has 0 saturated heterocycles. The number of carbonyl (C=O) groups excluding carboxylic acids is 1. The molecule has 1 amide bonds. The molecule has 2 aromatic rings. The van der Waals surface area contributed by atoms with Gasteiger partial charge >= 0.3 is 6.09 Å². The average Bonchev–Trinajstić information content (AvgIpc) is 2.60. The van der Waals surface area contributed by atoms with Crippen LogP contribution in [0.25, 0.3) is 0 Å². The first-order valence-corrected chi connectivity index (χ1v) is 7.57. The van der Waals surface area contributed by atoms with Crippen LogP contribution in [-0.2, 0) is 6.54 Å². The summed E-state index contributed by atoms with van der Waals surface area (Å²) < 4.78 is 27.3. The normalized spacial score (nSPS) is 11.6. The van der Waals surface area contributed by atoms with Gasteiger partial charge < -0.3 is 5.11 Å². The Labute approximate surface area is 144 Å². The summed E-state index contributed by atoms with van der Waals surface area (Å²) in [6.45, 7) is 3.47. The summed E-state index contributed by atoms with van der Waals surface area (Å²) in [4.78, 5) is 25.3. The average molecular weight is 345 g/mol. The van der Waals surface area contributed by atoms with Crippen molar-refractivity contribution in [3.05, 3.63) is 83.9 Å². The van der Waals surface area contributed by atoms with Crippen molar-refractivity contribution in [3.63, 3.8) is 0 Å². The van der Waals surface area contributed by atoms with E-state index in [1.807, 2.05) is 0 Å². The van der Waals surface area contributed by atoms with E-state index < -0.39 is 35.1 Å². The summed E-state index contributed by atoms with van der Waals surface area (Å²) in [5.74, 6) is -2.48. The monoisotopic (exact) mass is 345 g/mol. The van der Waals surface area contributed by atoms with Crippen LogP contribution in [0.2, 0.25) is 0 Å². The lowest BCUT2D eigenvalue weighted by molar-refractivity contribution is 0.0771. The van der Waals surface area contributed by atoms with Crippen molar-refractivity contribution in [2.45, 2.75) is 19.0 Å². The molecule has 0 aliphatic carbocycles. The van der Waals surface area contributed by atoms with Gasteiger partial charge in [0.2, 0.25) is 0 Å². The summed E-state index contributed by atoms with van der Waals surface area (Å²) in [6.07, 6.45) is 0.0232. The molecule has 130 valence electrons. The Balaban J connectivity index is 2.38. The summed E-state index contributed by atoms with van der Waals surface area (Å²) in [5, 5.41) is 9.52. The van der Waals surface area contributed by atoms with Crippen LogP contribution in [-0.4, -0.2) is 27.9 Å². The number of carboxylic acid groups (broad SMARTS) is 1. The number of hydrogen-bond acceptors (Lipinski definition) is 2. The molecule has 0 bridgehead atoms. The van der Waals surface area contributed by atoms with E-state index in [2.05, 4.69) is 6.58 Å². The van der Waals surface area contributed by atoms with E-state index in [-0.39, 0.29) is 13.0 Å². The zero-order chi connectivity index (χ0) is 18.4. The quantitative estimate of drug-likeness (QED) is 0.602. The van der Waals surface area contributed by atoms with Gasteiger partial charge in [-0.1, -0.05) is 36.4 Å². The van der Waals surface area contributed by atoms with Gasteiger partial charge in [-0.25, -0.2) is 13.6 Å². The predicted octanol–water partition coefficient (Wildman–Crippen LogP) is 4.27. The van der Waals surface area contributed by atoms with E-state index in [1.165, 1.54) is 6.08 Å². The lowest BCUT2D eigenvalue weighted by Crippen LogP contribution is -2.44. The molecule has 2 aromatic carbocycles. The van der Waals surface area contributed by atoms with E-state index in [1.54, 1.807) is 30.3 Å². The predicted molar refractivity (Wildman–Crippen MR) is 89.3 cm³/mol. The molecule has 2 rings (SSSR count). The Hall–Kier alpha value is -3.02. The minimum Gasteiger partial charge on any atom is -0.465 e. The Kier molecular flexibility index (Phi) is 6.00. The summed E-state index contributed by atoms with van der Waals surface area (Å²) >= 11 is 0. The highest BCUT2D eigenvalue weighted by molar-refractivity contribution is 6.01. The first-order valence-electron chi connectivity index (χ1n) is 7.57. The van der Waals surface area contributed by atoms with Crippen molar-refractivity contribution in [3.8, 4) is 0 Å². The lowest BCUT2D eigenvalue weighted by Gasteiger charge is -2.28. The first kappa shape index (κ1) is 18.3. The second-order valence-electron chi connectivity index (χ2n) is 5.42. The molecule has 0 spiro atoms. The fourth-order valence-corrected chi connectivity index (χ4v) is 2.49. The van der Waals surface area contributed by atoms with Crippen molar-refractivity contribution in [1.82, 2.24) is 4.90 Å². The second kappa shape index (κ2) is 8.19. The Morgan fingerprint density at radius 3 is 2.44 bits per heavy atom. The van der Waals surface area contributed by atoms with Gasteiger partial charge in [-0.3, -0.25) is 9.69 Å². The number of amides is 1. The largest absolute Gasteiger partial charge is 0.465 e. The zero-order valence-corrected chi connectivity index (χ0v) is 13.4. The molecule has 0 aliphatic heterocycles. The van der Waals surface area contributed by atoms with Gasteiger partial charge in [0.15, 0.2) is 5.78 Å². The minimum atomic E-state index is -1.33. The van der Waals surface area contributed by atoms with Crippen LogP contribution in [0.3, 0.4) is 0 Å². The van der Waals surface area contributed by atoms with Gasteiger partial charge in [0.1, 0.15) is 17.7 Å². The number of rotatable bonds is 7. The van der Waals surface area contributed by atoms with Crippen LogP contribution < -0.4 is 0 Å². The number of carbonyl (C=O) groups is 2. The Morgan fingerprint density at radius 1 is 1.16 bits per heavy atom. The van der Waals surface area contributed by atoms with Crippen LogP contribution in [0.5, 0.6) is 0 Å². The Bertz CT molecular complexity index is 777. The van der Waals surface area contributed by atoms with Crippen molar-refractivity contribution in [2.75, 3.05) is 0 Å². The van der Waals surface area contributed by atoms with Gasteiger partial charge in [-0.2, -0.15) is 0 Å². The molecule has 0 aromatic heterocycles. The number of nitrogens with zero attached hydrogens (tertiary/aromatic N) is 1. The highest BCUT2D eigenvalue weighted by Gasteiger charge is 2.31. The summed E-state index contributed by atoms with van der Waals surface area (Å²) in [6, 6.07) is 10.0. The third-order valence-corrected chi connectivity index (χ3v) is 3.70. The van der Waals surface area contributed by atoms with Crippen LogP contribution in [0.4, 0.5) is 13.6 Å². The van der Waals surface area contributed by atoms with E-state index in [0.717, 1.165) is 23.1 Å². The smallest absolute Gasteiger partial charge is 0.408 e. The highest BCUT2D eigenvalue weighted by Crippen LogP contribution is 2.19. The molecule has 0 aliphatic rings. The maximum Gasteiger partial charge on any atom is 0.408 e. The fraction of sp³-hybridized carbons (Fsp3) is 0.158. The molecule has 0 fully saturated rings. The van der Waals surface area contributed by atoms with Gasteiger partial charge in [0.05, 0.1) is 5.56 Å². The molecule has 6 heteroatoms. The molecule has 4 nitrogen and oxygen atoms in total. The summed E-state index contributed by atoms with van der Waals surface area (Å²) in [7, 11) is 0. The number of halogens is 2. The number of ketones is 1. The minimum absolute atomic E-state index is 0.0199. The second-order valence-corrected chi connectivity index (χ2v) is 5.42. The topological polar surface area (TPSA) is 57.6 Å². The molecule has 1 N–H and O–H groups in total. The van der Waals surface area contributed by atoms with Crippen LogP contribution in [0.15, 0.2) is 61.2 Å². The fourth-order valence-electron chi connectivity index (χ4n) is 2.49. The SMILES string of the molecule is C=CCC(C(=O)c1cc(F)ccc1F)N(Cc1ccccc1)C(=O)O. The number of hydrogen-bond donors (Lipinski definition) is 1. The van der Waals surface area contributed by atoms with E-state index in [0.29, 0.717) is 5.56 Å². The van der Waals surface area contributed by atoms with Gasteiger partial charge in [0.25, 0.3) is 0 Å². The number of Topliss-reactive ketones (excluding diaryl/α,β-unsaturated/α-hetero) is 1. The maximum atomic E-state index is 13.9. The van der Waals surface area contributed by atoms with Crippen molar-refractivity contribution < 1.29 is 23.5 Å². The van der Waals surface area contributed by atoms with Crippen molar-refractivity contribution in [2.24, 2.45) is 0 Å². The molecular formula is C19H17F2NO3. The Morgan fingerprint density at radius 2 is 1.84 bits per heavy atom.